The van der Waals surface area contributed by atoms with Gasteiger partial charge in [0.25, 0.3) is 0 Å². The maximum absolute atomic E-state index is 6.34. The van der Waals surface area contributed by atoms with Gasteiger partial charge in [-0.25, -0.2) is 0 Å². The van der Waals surface area contributed by atoms with E-state index in [1.165, 1.54) is 0 Å². The van der Waals surface area contributed by atoms with Crippen LogP contribution >= 0.6 is 0 Å². The lowest BCUT2D eigenvalue weighted by Gasteiger charge is -2.28. The summed E-state index contributed by atoms with van der Waals surface area (Å²) in [5.74, 6) is 4.23. The van der Waals surface area contributed by atoms with Gasteiger partial charge < -0.3 is 33.2 Å². The van der Waals surface area contributed by atoms with Gasteiger partial charge in [0.2, 0.25) is 11.5 Å². The van der Waals surface area contributed by atoms with E-state index in [0.29, 0.717) is 41.1 Å². The van der Waals surface area contributed by atoms with Crippen LogP contribution in [0, 0.1) is 0 Å². The normalized spacial score (nSPS) is 19.0. The van der Waals surface area contributed by atoms with Gasteiger partial charge in [-0.05, 0) is 12.1 Å². The van der Waals surface area contributed by atoms with Crippen LogP contribution in [0.3, 0.4) is 0 Å². The number of benzene rings is 2. The summed E-state index contributed by atoms with van der Waals surface area (Å²) in [5, 5.41) is 0. The van der Waals surface area contributed by atoms with Crippen molar-refractivity contribution in [2.75, 3.05) is 42.2 Å². The minimum atomic E-state index is -0.228. The molecule has 144 valence electrons. The second-order valence-electron chi connectivity index (χ2n) is 6.26. The van der Waals surface area contributed by atoms with Crippen molar-refractivity contribution in [3.8, 4) is 40.2 Å². The first kappa shape index (κ1) is 17.5. The maximum Gasteiger partial charge on any atom is 0.207 e. The number of rotatable bonds is 5. The Morgan fingerprint density at radius 1 is 0.741 bits per heavy atom. The predicted octanol–water partition coefficient (Wildman–Crippen LogP) is 3.34. The second-order valence-corrected chi connectivity index (χ2v) is 6.26. The number of methoxy groups -OCH3 is 5. The van der Waals surface area contributed by atoms with Crippen molar-refractivity contribution in [2.45, 2.75) is 12.0 Å². The Morgan fingerprint density at radius 3 is 2.00 bits per heavy atom. The van der Waals surface area contributed by atoms with E-state index >= 15 is 0 Å². The molecule has 2 aromatic rings. The Kier molecular flexibility index (Phi) is 4.30. The van der Waals surface area contributed by atoms with Crippen molar-refractivity contribution in [1.29, 1.82) is 0 Å². The van der Waals surface area contributed by atoms with Gasteiger partial charge in [0, 0.05) is 17.2 Å². The Hall–Kier alpha value is -2.96. The molecule has 0 aliphatic carbocycles. The molecule has 7 heteroatoms. The molecule has 0 aromatic heterocycles. The Labute approximate surface area is 157 Å². The predicted molar refractivity (Wildman–Crippen MR) is 97.2 cm³/mol. The highest BCUT2D eigenvalue weighted by Crippen LogP contribution is 2.59. The molecule has 0 spiro atoms. The van der Waals surface area contributed by atoms with Crippen LogP contribution in [0.5, 0.6) is 40.2 Å². The van der Waals surface area contributed by atoms with Gasteiger partial charge in [0.1, 0.15) is 11.9 Å². The van der Waals surface area contributed by atoms with E-state index < -0.39 is 0 Å². The summed E-state index contributed by atoms with van der Waals surface area (Å²) in [4.78, 5) is 0. The van der Waals surface area contributed by atoms with Crippen molar-refractivity contribution < 1.29 is 33.2 Å². The summed E-state index contributed by atoms with van der Waals surface area (Å²) >= 11 is 0. The van der Waals surface area contributed by atoms with E-state index in [4.69, 9.17) is 33.2 Å². The van der Waals surface area contributed by atoms with E-state index in [-0.39, 0.29) is 12.0 Å². The third-order valence-corrected chi connectivity index (χ3v) is 5.06. The third-order valence-electron chi connectivity index (χ3n) is 5.06. The molecule has 2 aliphatic heterocycles. The van der Waals surface area contributed by atoms with Gasteiger partial charge in [0.15, 0.2) is 23.0 Å². The number of fused-ring (bicyclic) bond motifs is 5. The zero-order chi connectivity index (χ0) is 19.1. The van der Waals surface area contributed by atoms with Crippen molar-refractivity contribution in [3.05, 3.63) is 29.3 Å². The van der Waals surface area contributed by atoms with Crippen LogP contribution in [0.2, 0.25) is 0 Å². The molecule has 0 bridgehead atoms. The summed E-state index contributed by atoms with van der Waals surface area (Å²) in [6.07, 6.45) is -0.228. The first-order valence-corrected chi connectivity index (χ1v) is 8.55. The zero-order valence-electron chi connectivity index (χ0n) is 16.0. The van der Waals surface area contributed by atoms with Crippen LogP contribution in [0.15, 0.2) is 18.2 Å². The Bertz CT molecular complexity index is 877. The van der Waals surface area contributed by atoms with Crippen LogP contribution < -0.4 is 33.2 Å². The van der Waals surface area contributed by atoms with Gasteiger partial charge in [-0.3, -0.25) is 0 Å². The lowest BCUT2D eigenvalue weighted by Crippen LogP contribution is -2.23. The maximum atomic E-state index is 6.34. The summed E-state index contributed by atoms with van der Waals surface area (Å²) < 4.78 is 39.7. The monoisotopic (exact) mass is 374 g/mol. The minimum Gasteiger partial charge on any atom is -0.493 e. The number of ether oxygens (including phenoxy) is 7. The Balaban J connectivity index is 1.84. The van der Waals surface area contributed by atoms with Gasteiger partial charge in [-0.2, -0.15) is 0 Å². The third kappa shape index (κ3) is 2.49. The fourth-order valence-electron chi connectivity index (χ4n) is 3.78. The molecule has 2 heterocycles. The molecule has 4 rings (SSSR count). The van der Waals surface area contributed by atoms with Crippen LogP contribution in [0.1, 0.15) is 23.1 Å². The molecule has 0 amide bonds. The average Bonchev–Trinajstić information content (AvgIpc) is 3.09. The van der Waals surface area contributed by atoms with Gasteiger partial charge >= 0.3 is 0 Å². The van der Waals surface area contributed by atoms with Crippen molar-refractivity contribution in [1.82, 2.24) is 0 Å². The van der Waals surface area contributed by atoms with Crippen LogP contribution in [-0.2, 0) is 0 Å². The minimum absolute atomic E-state index is 0.000642. The van der Waals surface area contributed by atoms with Gasteiger partial charge in [-0.1, -0.05) is 0 Å². The molecule has 0 saturated heterocycles. The molecular formula is C20H22O7. The van der Waals surface area contributed by atoms with E-state index in [0.717, 1.165) is 16.9 Å². The van der Waals surface area contributed by atoms with E-state index in [1.807, 2.05) is 18.2 Å². The molecule has 2 atom stereocenters. The van der Waals surface area contributed by atoms with E-state index in [2.05, 4.69) is 0 Å². The number of hydrogen-bond donors (Lipinski definition) is 0. The summed E-state index contributed by atoms with van der Waals surface area (Å²) in [6.45, 7) is 0.471. The highest BCUT2D eigenvalue weighted by Gasteiger charge is 2.44. The highest BCUT2D eigenvalue weighted by atomic mass is 16.6. The smallest absolute Gasteiger partial charge is 0.207 e. The van der Waals surface area contributed by atoms with Crippen LogP contribution in [-0.4, -0.2) is 42.2 Å². The zero-order valence-corrected chi connectivity index (χ0v) is 16.0. The molecule has 27 heavy (non-hydrogen) atoms. The number of hydrogen-bond acceptors (Lipinski definition) is 7. The van der Waals surface area contributed by atoms with Gasteiger partial charge in [-0.15, -0.1) is 0 Å². The lowest BCUT2D eigenvalue weighted by molar-refractivity contribution is 0.136. The SMILES string of the molecule is COc1cc2c(cc1OC)C1Oc3c(cc(OC)c(OC)c3OC)C1CO2. The van der Waals surface area contributed by atoms with Gasteiger partial charge in [0.05, 0.1) is 48.1 Å². The summed E-state index contributed by atoms with van der Waals surface area (Å²) in [6, 6.07) is 5.66. The molecule has 0 fully saturated rings. The quantitative estimate of drug-likeness (QED) is 0.795. The molecular weight excluding hydrogens is 352 g/mol. The average molecular weight is 374 g/mol. The van der Waals surface area contributed by atoms with E-state index in [9.17, 15) is 0 Å². The van der Waals surface area contributed by atoms with Crippen LogP contribution in [0.25, 0.3) is 0 Å². The molecule has 2 unspecified atom stereocenters. The second kappa shape index (κ2) is 6.64. The summed E-state index contributed by atoms with van der Waals surface area (Å²) in [5.41, 5.74) is 1.87. The van der Waals surface area contributed by atoms with Crippen molar-refractivity contribution in [2.24, 2.45) is 0 Å². The standard InChI is InChI=1S/C20H22O7/c1-21-14-7-11-13(8-15(14)22-2)26-9-12-10-6-16(23-3)19(24-4)20(25-5)18(10)27-17(11)12/h6-8,12,17H,9H2,1-5H3. The topological polar surface area (TPSA) is 64.6 Å². The van der Waals surface area contributed by atoms with Crippen molar-refractivity contribution >= 4 is 0 Å². The lowest BCUT2D eigenvalue weighted by atomic mass is 9.89. The molecule has 7 nitrogen and oxygen atoms in total. The highest BCUT2D eigenvalue weighted by molar-refractivity contribution is 5.66. The molecule has 0 saturated carbocycles. The molecule has 2 aromatic carbocycles. The molecule has 0 radical (unpaired) electrons. The first-order valence-electron chi connectivity index (χ1n) is 8.55. The largest absolute Gasteiger partial charge is 0.493 e. The fourth-order valence-corrected chi connectivity index (χ4v) is 3.78. The summed E-state index contributed by atoms with van der Waals surface area (Å²) in [7, 11) is 7.96. The van der Waals surface area contributed by atoms with E-state index in [1.54, 1.807) is 35.5 Å². The molecule has 0 N–H and O–H groups in total. The molecule has 2 aliphatic rings. The Morgan fingerprint density at radius 2 is 1.37 bits per heavy atom. The van der Waals surface area contributed by atoms with Crippen LogP contribution in [0.4, 0.5) is 0 Å². The first-order chi connectivity index (χ1) is 13.2. The van der Waals surface area contributed by atoms with Crippen molar-refractivity contribution in [3.63, 3.8) is 0 Å². The fraction of sp³-hybridized carbons (Fsp3) is 0.400.